The summed E-state index contributed by atoms with van der Waals surface area (Å²) in [5.41, 5.74) is -0.877. The highest BCUT2D eigenvalue weighted by Crippen LogP contribution is 2.34. The lowest BCUT2D eigenvalue weighted by atomic mass is 10.1. The van der Waals surface area contributed by atoms with Crippen LogP contribution in [0.1, 0.15) is 11.3 Å². The standard InChI is InChI=1S/C18H14F3NO5S/c19-18(20,21)13-6-7-16-12(8-13)9-14(10-27-11-17(23)24)22(16)28(25,26)15-4-2-1-3-5-15/h1-9H,10-11H2,(H,23,24). The molecular weight excluding hydrogens is 399 g/mol. The summed E-state index contributed by atoms with van der Waals surface area (Å²) in [6, 6.07) is 11.3. The quantitative estimate of drug-likeness (QED) is 0.669. The van der Waals surface area contributed by atoms with E-state index in [0.29, 0.717) is 0 Å². The number of rotatable bonds is 6. The van der Waals surface area contributed by atoms with E-state index in [0.717, 1.165) is 22.2 Å². The Balaban J connectivity index is 2.18. The first-order chi connectivity index (χ1) is 13.1. The number of aromatic nitrogens is 1. The topological polar surface area (TPSA) is 85.6 Å². The fourth-order valence-electron chi connectivity index (χ4n) is 2.75. The molecule has 1 aromatic heterocycles. The van der Waals surface area contributed by atoms with Crippen molar-refractivity contribution in [1.29, 1.82) is 0 Å². The Bertz CT molecular complexity index is 1120. The van der Waals surface area contributed by atoms with Gasteiger partial charge in [-0.2, -0.15) is 13.2 Å². The van der Waals surface area contributed by atoms with E-state index in [4.69, 9.17) is 9.84 Å². The zero-order chi connectivity index (χ0) is 20.5. The van der Waals surface area contributed by atoms with E-state index in [-0.39, 0.29) is 21.5 Å². The Morgan fingerprint density at radius 2 is 1.75 bits per heavy atom. The van der Waals surface area contributed by atoms with Crippen LogP contribution in [0.15, 0.2) is 59.5 Å². The molecule has 0 spiro atoms. The summed E-state index contributed by atoms with van der Waals surface area (Å²) in [4.78, 5) is 10.6. The van der Waals surface area contributed by atoms with Crippen LogP contribution in [0.5, 0.6) is 0 Å². The van der Waals surface area contributed by atoms with Crippen LogP contribution in [0.2, 0.25) is 0 Å². The van der Waals surface area contributed by atoms with Crippen molar-refractivity contribution in [1.82, 2.24) is 3.97 Å². The van der Waals surface area contributed by atoms with E-state index in [1.165, 1.54) is 30.3 Å². The third-order valence-electron chi connectivity index (χ3n) is 3.91. The first-order valence-corrected chi connectivity index (χ1v) is 9.36. The normalized spacial score (nSPS) is 12.4. The van der Waals surface area contributed by atoms with Crippen LogP contribution in [-0.2, 0) is 32.3 Å². The second kappa shape index (κ2) is 7.28. The van der Waals surface area contributed by atoms with Crippen LogP contribution in [0, 0.1) is 0 Å². The average Bonchev–Trinajstić information content (AvgIpc) is 2.99. The van der Waals surface area contributed by atoms with Crippen LogP contribution >= 0.6 is 0 Å². The number of nitrogens with zero attached hydrogens (tertiary/aromatic N) is 1. The summed E-state index contributed by atoms with van der Waals surface area (Å²) >= 11 is 0. The third kappa shape index (κ3) is 3.87. The number of ether oxygens (including phenoxy) is 1. The summed E-state index contributed by atoms with van der Waals surface area (Å²) in [7, 11) is -4.14. The predicted molar refractivity (Wildman–Crippen MR) is 93.3 cm³/mol. The molecule has 0 atom stereocenters. The van der Waals surface area contributed by atoms with Crippen LogP contribution in [0.25, 0.3) is 10.9 Å². The van der Waals surface area contributed by atoms with Crippen molar-refractivity contribution in [2.45, 2.75) is 17.7 Å². The summed E-state index contributed by atoms with van der Waals surface area (Å²) in [6.07, 6.45) is -4.59. The molecule has 0 aliphatic heterocycles. The Morgan fingerprint density at radius 1 is 1.07 bits per heavy atom. The van der Waals surface area contributed by atoms with Crippen molar-refractivity contribution in [2.24, 2.45) is 0 Å². The molecule has 2 aromatic carbocycles. The van der Waals surface area contributed by atoms with E-state index in [1.54, 1.807) is 6.07 Å². The molecule has 0 fully saturated rings. The molecule has 3 aromatic rings. The maximum atomic E-state index is 13.1. The van der Waals surface area contributed by atoms with E-state index in [1.807, 2.05) is 0 Å². The lowest BCUT2D eigenvalue weighted by Gasteiger charge is -2.12. The summed E-state index contributed by atoms with van der Waals surface area (Å²) in [6.45, 7) is -1.09. The van der Waals surface area contributed by atoms with Crippen LogP contribution in [-0.4, -0.2) is 30.1 Å². The van der Waals surface area contributed by atoms with Crippen molar-refractivity contribution in [3.63, 3.8) is 0 Å². The number of aliphatic carboxylic acids is 1. The first kappa shape index (κ1) is 19.9. The van der Waals surface area contributed by atoms with Gasteiger partial charge in [-0.15, -0.1) is 0 Å². The monoisotopic (exact) mass is 413 g/mol. The maximum absolute atomic E-state index is 13.1. The lowest BCUT2D eigenvalue weighted by Crippen LogP contribution is -2.17. The van der Waals surface area contributed by atoms with E-state index in [2.05, 4.69) is 0 Å². The van der Waals surface area contributed by atoms with Gasteiger partial charge in [-0.25, -0.2) is 17.2 Å². The van der Waals surface area contributed by atoms with Gasteiger partial charge in [0.1, 0.15) is 6.61 Å². The largest absolute Gasteiger partial charge is 0.480 e. The molecule has 1 N–H and O–H groups in total. The molecule has 0 aliphatic rings. The molecule has 0 unspecified atom stereocenters. The number of carboxylic acid groups (broad SMARTS) is 1. The number of fused-ring (bicyclic) bond motifs is 1. The molecule has 1 heterocycles. The molecule has 28 heavy (non-hydrogen) atoms. The first-order valence-electron chi connectivity index (χ1n) is 7.92. The maximum Gasteiger partial charge on any atom is 0.416 e. The summed E-state index contributed by atoms with van der Waals surface area (Å²) < 4.78 is 71.0. The molecule has 3 rings (SSSR count). The van der Waals surface area contributed by atoms with Gasteiger partial charge >= 0.3 is 12.1 Å². The van der Waals surface area contributed by atoms with Gasteiger partial charge in [0.2, 0.25) is 0 Å². The zero-order valence-electron chi connectivity index (χ0n) is 14.2. The van der Waals surface area contributed by atoms with E-state index >= 15 is 0 Å². The molecule has 0 saturated carbocycles. The van der Waals surface area contributed by atoms with Crippen molar-refractivity contribution in [3.05, 3.63) is 65.9 Å². The second-order valence-corrected chi connectivity index (χ2v) is 7.66. The van der Waals surface area contributed by atoms with Gasteiger partial charge in [0.05, 0.1) is 28.3 Å². The van der Waals surface area contributed by atoms with Gasteiger partial charge in [0.25, 0.3) is 10.0 Å². The average molecular weight is 413 g/mol. The SMILES string of the molecule is O=C(O)COCc1cc2cc(C(F)(F)F)ccc2n1S(=O)(=O)c1ccccc1. The highest BCUT2D eigenvalue weighted by atomic mass is 32.2. The Hall–Kier alpha value is -2.85. The minimum Gasteiger partial charge on any atom is -0.480 e. The summed E-state index contributed by atoms with van der Waals surface area (Å²) in [5.74, 6) is -1.26. The number of carbonyl (C=O) groups is 1. The van der Waals surface area contributed by atoms with Gasteiger partial charge in [-0.05, 0) is 36.4 Å². The van der Waals surface area contributed by atoms with Crippen molar-refractivity contribution in [3.8, 4) is 0 Å². The Morgan fingerprint density at radius 3 is 2.36 bits per heavy atom. The minimum atomic E-state index is -4.59. The molecule has 0 bridgehead atoms. The molecule has 10 heteroatoms. The van der Waals surface area contributed by atoms with E-state index < -0.39 is 40.9 Å². The Labute approximate surface area is 157 Å². The number of hydrogen-bond acceptors (Lipinski definition) is 4. The molecule has 0 saturated heterocycles. The molecule has 0 amide bonds. The summed E-state index contributed by atoms with van der Waals surface area (Å²) in [5, 5.41) is 8.73. The molecular formula is C18H14F3NO5S. The van der Waals surface area contributed by atoms with Crippen LogP contribution in [0.4, 0.5) is 13.2 Å². The third-order valence-corrected chi connectivity index (χ3v) is 5.69. The van der Waals surface area contributed by atoms with Crippen molar-refractivity contribution >= 4 is 26.9 Å². The molecule has 0 aliphatic carbocycles. The number of carboxylic acids is 1. The Kier molecular flexibility index (Phi) is 5.18. The number of benzene rings is 2. The lowest BCUT2D eigenvalue weighted by molar-refractivity contribution is -0.142. The van der Waals surface area contributed by atoms with E-state index in [9.17, 15) is 26.4 Å². The van der Waals surface area contributed by atoms with Gasteiger partial charge < -0.3 is 9.84 Å². The molecule has 6 nitrogen and oxygen atoms in total. The van der Waals surface area contributed by atoms with Gasteiger partial charge in [-0.1, -0.05) is 18.2 Å². The highest BCUT2D eigenvalue weighted by molar-refractivity contribution is 7.90. The molecule has 148 valence electrons. The second-order valence-electron chi connectivity index (χ2n) is 5.88. The minimum absolute atomic E-state index is 0.0134. The number of hydrogen-bond donors (Lipinski definition) is 1. The fourth-order valence-corrected chi connectivity index (χ4v) is 4.30. The smallest absolute Gasteiger partial charge is 0.416 e. The fraction of sp³-hybridized carbons (Fsp3) is 0.167. The zero-order valence-corrected chi connectivity index (χ0v) is 15.0. The van der Waals surface area contributed by atoms with Gasteiger partial charge in [-0.3, -0.25) is 0 Å². The van der Waals surface area contributed by atoms with Crippen molar-refractivity contribution in [2.75, 3.05) is 6.61 Å². The van der Waals surface area contributed by atoms with Crippen LogP contribution < -0.4 is 0 Å². The van der Waals surface area contributed by atoms with Crippen molar-refractivity contribution < 1.29 is 36.2 Å². The number of halogens is 3. The van der Waals surface area contributed by atoms with Gasteiger partial charge in [0, 0.05) is 5.39 Å². The highest BCUT2D eigenvalue weighted by Gasteiger charge is 2.31. The molecule has 0 radical (unpaired) electrons. The van der Waals surface area contributed by atoms with Gasteiger partial charge in [0.15, 0.2) is 0 Å². The predicted octanol–water partition coefficient (Wildman–Crippen LogP) is 3.50. The number of alkyl halides is 3. The van der Waals surface area contributed by atoms with Crippen LogP contribution in [0.3, 0.4) is 0 Å².